The molecule has 22 heavy (non-hydrogen) atoms. The molecule has 1 amide bonds. The van der Waals surface area contributed by atoms with Gasteiger partial charge in [-0.15, -0.1) is 0 Å². The minimum absolute atomic E-state index is 0.0102. The van der Waals surface area contributed by atoms with Gasteiger partial charge < -0.3 is 16.0 Å². The van der Waals surface area contributed by atoms with Crippen molar-refractivity contribution in [3.05, 3.63) is 60.2 Å². The lowest BCUT2D eigenvalue weighted by atomic mass is 10.0. The Morgan fingerprint density at radius 2 is 1.73 bits per heavy atom. The Labute approximate surface area is 131 Å². The van der Waals surface area contributed by atoms with Gasteiger partial charge in [0.2, 0.25) is 5.91 Å². The van der Waals surface area contributed by atoms with Gasteiger partial charge in [-0.2, -0.15) is 0 Å². The minimum Gasteiger partial charge on any atom is -0.378 e. The Hall–Kier alpha value is -2.33. The van der Waals surface area contributed by atoms with E-state index in [2.05, 4.69) is 5.32 Å². The smallest absolute Gasteiger partial charge is 0.224 e. The Morgan fingerprint density at radius 1 is 1.09 bits per heavy atom. The summed E-state index contributed by atoms with van der Waals surface area (Å²) in [7, 11) is 3.97. The fourth-order valence-corrected chi connectivity index (χ4v) is 2.22. The molecule has 4 heteroatoms. The van der Waals surface area contributed by atoms with E-state index < -0.39 is 0 Å². The van der Waals surface area contributed by atoms with Crippen LogP contribution in [0, 0.1) is 0 Å². The third-order valence-corrected chi connectivity index (χ3v) is 3.58. The summed E-state index contributed by atoms with van der Waals surface area (Å²) in [5, 5.41) is 2.90. The Morgan fingerprint density at radius 3 is 2.32 bits per heavy atom. The van der Waals surface area contributed by atoms with Gasteiger partial charge in [0.25, 0.3) is 0 Å². The number of hydrogen-bond donors (Lipinski definition) is 2. The van der Waals surface area contributed by atoms with Crippen LogP contribution in [-0.4, -0.2) is 20.0 Å². The molecule has 1 atom stereocenters. The molecule has 0 aliphatic rings. The van der Waals surface area contributed by atoms with Gasteiger partial charge in [-0.3, -0.25) is 4.79 Å². The fraction of sp³-hybridized carbons (Fsp3) is 0.278. The van der Waals surface area contributed by atoms with Crippen LogP contribution in [0.3, 0.4) is 0 Å². The van der Waals surface area contributed by atoms with E-state index in [0.29, 0.717) is 12.8 Å². The van der Waals surface area contributed by atoms with Gasteiger partial charge in [0.1, 0.15) is 0 Å². The standard InChI is InChI=1S/C18H23N3O/c1-21(2)16-10-8-15(9-11-16)20-18(22)13-12-17(19)14-6-4-3-5-7-14/h3-11,17H,12-13,19H2,1-2H3,(H,20,22). The van der Waals surface area contributed by atoms with Crippen molar-refractivity contribution in [3.8, 4) is 0 Å². The second-order valence-electron chi connectivity index (χ2n) is 5.55. The molecule has 0 saturated heterocycles. The quantitative estimate of drug-likeness (QED) is 0.861. The highest BCUT2D eigenvalue weighted by atomic mass is 16.1. The monoisotopic (exact) mass is 297 g/mol. The lowest BCUT2D eigenvalue weighted by Gasteiger charge is -2.14. The van der Waals surface area contributed by atoms with E-state index in [1.807, 2.05) is 73.6 Å². The van der Waals surface area contributed by atoms with Crippen LogP contribution in [0.25, 0.3) is 0 Å². The lowest BCUT2D eigenvalue weighted by molar-refractivity contribution is -0.116. The van der Waals surface area contributed by atoms with Crippen LogP contribution in [0.5, 0.6) is 0 Å². The van der Waals surface area contributed by atoms with Gasteiger partial charge >= 0.3 is 0 Å². The number of nitrogens with zero attached hydrogens (tertiary/aromatic N) is 1. The zero-order valence-corrected chi connectivity index (χ0v) is 13.1. The van der Waals surface area contributed by atoms with Crippen LogP contribution in [0.2, 0.25) is 0 Å². The van der Waals surface area contributed by atoms with Crippen LogP contribution in [0.15, 0.2) is 54.6 Å². The van der Waals surface area contributed by atoms with Gasteiger partial charge in [0, 0.05) is 37.9 Å². The number of anilines is 2. The number of benzene rings is 2. The van der Waals surface area contributed by atoms with E-state index in [9.17, 15) is 4.79 Å². The average Bonchev–Trinajstić information content (AvgIpc) is 2.54. The number of hydrogen-bond acceptors (Lipinski definition) is 3. The maximum Gasteiger partial charge on any atom is 0.224 e. The largest absolute Gasteiger partial charge is 0.378 e. The van der Waals surface area contributed by atoms with Gasteiger partial charge in [-0.25, -0.2) is 0 Å². The fourth-order valence-electron chi connectivity index (χ4n) is 2.22. The Bertz CT molecular complexity index is 593. The van der Waals surface area contributed by atoms with Crippen LogP contribution in [0.1, 0.15) is 24.4 Å². The molecule has 0 bridgehead atoms. The average molecular weight is 297 g/mol. The number of amides is 1. The summed E-state index contributed by atoms with van der Waals surface area (Å²) in [6.45, 7) is 0. The van der Waals surface area contributed by atoms with E-state index in [0.717, 1.165) is 16.9 Å². The van der Waals surface area contributed by atoms with Crippen molar-refractivity contribution in [2.75, 3.05) is 24.3 Å². The van der Waals surface area contributed by atoms with Crippen molar-refractivity contribution in [1.82, 2.24) is 0 Å². The highest BCUT2D eigenvalue weighted by Gasteiger charge is 2.09. The first kappa shape index (κ1) is 16.0. The van der Waals surface area contributed by atoms with E-state index in [4.69, 9.17) is 5.73 Å². The topological polar surface area (TPSA) is 58.4 Å². The first-order chi connectivity index (χ1) is 10.6. The van der Waals surface area contributed by atoms with Gasteiger partial charge in [0.05, 0.1) is 0 Å². The number of carbonyl (C=O) groups excluding carboxylic acids is 1. The van der Waals surface area contributed by atoms with Crippen molar-refractivity contribution in [2.24, 2.45) is 5.73 Å². The van der Waals surface area contributed by atoms with E-state index in [-0.39, 0.29) is 11.9 Å². The van der Waals surface area contributed by atoms with E-state index in [1.54, 1.807) is 0 Å². The Balaban J connectivity index is 1.83. The molecule has 0 radical (unpaired) electrons. The van der Waals surface area contributed by atoms with Crippen molar-refractivity contribution in [2.45, 2.75) is 18.9 Å². The van der Waals surface area contributed by atoms with Crippen molar-refractivity contribution in [3.63, 3.8) is 0 Å². The van der Waals surface area contributed by atoms with Crippen LogP contribution >= 0.6 is 0 Å². The summed E-state index contributed by atoms with van der Waals surface area (Å²) in [5.74, 6) is -0.0102. The summed E-state index contributed by atoms with van der Waals surface area (Å²) >= 11 is 0. The first-order valence-corrected chi connectivity index (χ1v) is 7.44. The molecule has 2 rings (SSSR count). The second kappa shape index (κ2) is 7.61. The predicted octanol–water partition coefficient (Wildman–Crippen LogP) is 3.17. The predicted molar refractivity (Wildman–Crippen MR) is 92.0 cm³/mol. The molecule has 4 nitrogen and oxygen atoms in total. The summed E-state index contributed by atoms with van der Waals surface area (Å²) in [6.07, 6.45) is 1.04. The number of carbonyl (C=O) groups is 1. The first-order valence-electron chi connectivity index (χ1n) is 7.44. The summed E-state index contributed by atoms with van der Waals surface area (Å²) < 4.78 is 0. The van der Waals surface area contributed by atoms with Crippen molar-refractivity contribution in [1.29, 1.82) is 0 Å². The highest BCUT2D eigenvalue weighted by molar-refractivity contribution is 5.90. The second-order valence-corrected chi connectivity index (χ2v) is 5.55. The molecule has 3 N–H and O–H groups in total. The van der Waals surface area contributed by atoms with Crippen molar-refractivity contribution < 1.29 is 4.79 Å². The summed E-state index contributed by atoms with van der Waals surface area (Å²) in [4.78, 5) is 14.0. The lowest BCUT2D eigenvalue weighted by Crippen LogP contribution is -2.16. The molecule has 0 heterocycles. The molecular weight excluding hydrogens is 274 g/mol. The number of nitrogens with one attached hydrogen (secondary N) is 1. The molecule has 116 valence electrons. The molecule has 0 saturated carbocycles. The molecule has 0 aliphatic heterocycles. The zero-order chi connectivity index (χ0) is 15.9. The highest BCUT2D eigenvalue weighted by Crippen LogP contribution is 2.18. The van der Waals surface area contributed by atoms with Gasteiger partial charge in [-0.05, 0) is 36.2 Å². The van der Waals surface area contributed by atoms with E-state index in [1.165, 1.54) is 0 Å². The third-order valence-electron chi connectivity index (χ3n) is 3.58. The zero-order valence-electron chi connectivity index (χ0n) is 13.1. The van der Waals surface area contributed by atoms with Gasteiger partial charge in [-0.1, -0.05) is 30.3 Å². The molecule has 1 unspecified atom stereocenters. The molecule has 0 aliphatic carbocycles. The molecule has 0 spiro atoms. The van der Waals surface area contributed by atoms with Crippen LogP contribution in [-0.2, 0) is 4.79 Å². The van der Waals surface area contributed by atoms with E-state index >= 15 is 0 Å². The maximum absolute atomic E-state index is 12.0. The SMILES string of the molecule is CN(C)c1ccc(NC(=O)CCC(N)c2ccccc2)cc1. The molecule has 2 aromatic carbocycles. The van der Waals surface area contributed by atoms with Crippen LogP contribution in [0.4, 0.5) is 11.4 Å². The normalized spacial score (nSPS) is 11.8. The summed E-state index contributed by atoms with van der Waals surface area (Å²) in [5.41, 5.74) is 9.08. The molecular formula is C18H23N3O. The number of rotatable bonds is 6. The third kappa shape index (κ3) is 4.60. The van der Waals surface area contributed by atoms with Gasteiger partial charge in [0.15, 0.2) is 0 Å². The molecule has 0 aromatic heterocycles. The Kier molecular flexibility index (Phi) is 5.55. The maximum atomic E-state index is 12.0. The number of nitrogens with two attached hydrogens (primary N) is 1. The van der Waals surface area contributed by atoms with Crippen molar-refractivity contribution >= 4 is 17.3 Å². The molecule has 0 fully saturated rings. The summed E-state index contributed by atoms with van der Waals surface area (Å²) in [6, 6.07) is 17.5. The molecule has 2 aromatic rings. The minimum atomic E-state index is -0.108. The van der Waals surface area contributed by atoms with Crippen LogP contribution < -0.4 is 16.0 Å².